The van der Waals surface area contributed by atoms with Crippen LogP contribution in [0.15, 0.2) is 73.8 Å². The van der Waals surface area contributed by atoms with Crippen molar-refractivity contribution in [1.29, 1.82) is 0 Å². The fourth-order valence-electron chi connectivity index (χ4n) is 7.63. The molecule has 3 aliphatic heterocycles. The Morgan fingerprint density at radius 1 is 1.15 bits per heavy atom. The molecule has 7 atom stereocenters. The van der Waals surface area contributed by atoms with Gasteiger partial charge in [-0.05, 0) is 49.8 Å². The normalized spacial score (nSPS) is 26.1. The molecule has 1 spiro atoms. The van der Waals surface area contributed by atoms with Gasteiger partial charge in [0.1, 0.15) is 18.2 Å². The van der Waals surface area contributed by atoms with Gasteiger partial charge in [0.2, 0.25) is 11.8 Å². The van der Waals surface area contributed by atoms with Crippen molar-refractivity contribution in [3.63, 3.8) is 0 Å². The standard InChI is InChI=1S/C37H44BrN3O7/c1-5-7-17-28(43)47-22-27(25-15-9-8-10-16-25)39-34(44)29-30-35(45)41(19-12-20-42)33(37(30)21-26(38)32(29)48-37)36(46)40(18-6-2)31-23(3)13-11-14-24(31)4/h5-6,8-11,13-16,26-27,29-30,32-33,42H,1-2,7,12,17-22H2,3-4H3,(H,39,44)/t26?,27-,29+,30-,32+,33+,37-/m1/s1. The summed E-state index contributed by atoms with van der Waals surface area (Å²) < 4.78 is 12.2. The smallest absolute Gasteiger partial charge is 0.306 e. The Balaban J connectivity index is 1.49. The molecule has 256 valence electrons. The van der Waals surface area contributed by atoms with Crippen molar-refractivity contribution in [1.82, 2.24) is 10.2 Å². The summed E-state index contributed by atoms with van der Waals surface area (Å²) in [5.41, 5.74) is 1.99. The number of hydrogen-bond donors (Lipinski definition) is 2. The lowest BCUT2D eigenvalue weighted by Crippen LogP contribution is -2.57. The van der Waals surface area contributed by atoms with Crippen LogP contribution in [0, 0.1) is 25.7 Å². The lowest BCUT2D eigenvalue weighted by Gasteiger charge is -2.38. The van der Waals surface area contributed by atoms with E-state index in [2.05, 4.69) is 34.4 Å². The molecule has 0 radical (unpaired) electrons. The van der Waals surface area contributed by atoms with E-state index >= 15 is 0 Å². The number of aliphatic hydroxyl groups excluding tert-OH is 1. The fraction of sp³-hybridized carbons (Fsp3) is 0.459. The van der Waals surface area contributed by atoms with Crippen LogP contribution < -0.4 is 10.2 Å². The van der Waals surface area contributed by atoms with Gasteiger partial charge in [-0.25, -0.2) is 0 Å². The van der Waals surface area contributed by atoms with Gasteiger partial charge in [0, 0.05) is 36.6 Å². The van der Waals surface area contributed by atoms with Gasteiger partial charge in [-0.2, -0.15) is 0 Å². The van der Waals surface area contributed by atoms with Crippen molar-refractivity contribution in [2.75, 3.05) is 31.2 Å². The number of alkyl halides is 1. The molecule has 3 fully saturated rings. The minimum atomic E-state index is -1.28. The van der Waals surface area contributed by atoms with E-state index in [9.17, 15) is 24.3 Å². The highest BCUT2D eigenvalue weighted by atomic mass is 79.9. The van der Waals surface area contributed by atoms with Crippen LogP contribution in [0.2, 0.25) is 0 Å². The molecule has 2 bridgehead atoms. The molecule has 0 aliphatic carbocycles. The first-order chi connectivity index (χ1) is 23.1. The van der Waals surface area contributed by atoms with Crippen LogP contribution in [0.5, 0.6) is 0 Å². The molecule has 5 rings (SSSR count). The number of para-hydroxylation sites is 1. The number of fused-ring (bicyclic) bond motifs is 1. The zero-order chi connectivity index (χ0) is 34.6. The van der Waals surface area contributed by atoms with Gasteiger partial charge in [0.05, 0.1) is 24.0 Å². The molecule has 1 unspecified atom stereocenters. The zero-order valence-corrected chi connectivity index (χ0v) is 29.1. The molecule has 3 amide bonds. The molecule has 2 aromatic rings. The topological polar surface area (TPSA) is 125 Å². The molecule has 3 saturated heterocycles. The highest BCUT2D eigenvalue weighted by Crippen LogP contribution is 2.60. The predicted molar refractivity (Wildman–Crippen MR) is 185 cm³/mol. The molecule has 48 heavy (non-hydrogen) atoms. The monoisotopic (exact) mass is 721 g/mol. The zero-order valence-electron chi connectivity index (χ0n) is 27.5. The number of esters is 1. The van der Waals surface area contributed by atoms with Crippen LogP contribution in [0.25, 0.3) is 0 Å². The summed E-state index contributed by atoms with van der Waals surface area (Å²) in [6.07, 6.45) is 3.87. The summed E-state index contributed by atoms with van der Waals surface area (Å²) in [4.78, 5) is 58.8. The van der Waals surface area contributed by atoms with Gasteiger partial charge in [-0.15, -0.1) is 13.2 Å². The highest BCUT2D eigenvalue weighted by Gasteiger charge is 2.76. The first-order valence-corrected chi connectivity index (χ1v) is 17.3. The quantitative estimate of drug-likeness (QED) is 0.160. The van der Waals surface area contributed by atoms with Gasteiger partial charge >= 0.3 is 5.97 Å². The van der Waals surface area contributed by atoms with E-state index in [-0.39, 0.29) is 55.8 Å². The van der Waals surface area contributed by atoms with Gasteiger partial charge in [0.25, 0.3) is 5.91 Å². The van der Waals surface area contributed by atoms with Gasteiger partial charge in [-0.3, -0.25) is 19.2 Å². The van der Waals surface area contributed by atoms with Gasteiger partial charge in [-0.1, -0.05) is 76.6 Å². The number of aryl methyl sites for hydroxylation is 2. The molecule has 2 aromatic carbocycles. The van der Waals surface area contributed by atoms with Crippen molar-refractivity contribution in [3.8, 4) is 0 Å². The summed E-state index contributed by atoms with van der Waals surface area (Å²) in [5, 5.41) is 12.8. The molecular formula is C37H44BrN3O7. The number of amides is 3. The second-order valence-electron chi connectivity index (χ2n) is 12.7. The summed E-state index contributed by atoms with van der Waals surface area (Å²) in [5.74, 6) is -3.35. The van der Waals surface area contributed by atoms with Gasteiger partial charge in [0.15, 0.2) is 0 Å². The van der Waals surface area contributed by atoms with E-state index in [1.165, 1.54) is 4.90 Å². The van der Waals surface area contributed by atoms with Crippen molar-refractivity contribution in [3.05, 3.63) is 90.5 Å². The van der Waals surface area contributed by atoms with Gasteiger partial charge < -0.3 is 29.7 Å². The molecule has 0 saturated carbocycles. The number of carbonyl (C=O) groups is 4. The molecule has 2 N–H and O–H groups in total. The minimum absolute atomic E-state index is 0.0957. The van der Waals surface area contributed by atoms with Crippen LogP contribution in [-0.2, 0) is 28.7 Å². The first-order valence-electron chi connectivity index (χ1n) is 16.4. The van der Waals surface area contributed by atoms with E-state index < -0.39 is 47.5 Å². The maximum Gasteiger partial charge on any atom is 0.306 e. The second kappa shape index (κ2) is 15.2. The van der Waals surface area contributed by atoms with Crippen LogP contribution in [0.3, 0.4) is 0 Å². The molecule has 0 aromatic heterocycles. The lowest BCUT2D eigenvalue weighted by molar-refractivity contribution is -0.145. The number of carbonyl (C=O) groups excluding carboxylic acids is 4. The predicted octanol–water partition coefficient (Wildman–Crippen LogP) is 4.32. The highest BCUT2D eigenvalue weighted by molar-refractivity contribution is 9.09. The third-order valence-corrected chi connectivity index (χ3v) is 10.5. The number of aliphatic hydroxyl groups is 1. The number of allylic oxidation sites excluding steroid dienone is 1. The first kappa shape index (κ1) is 35.5. The summed E-state index contributed by atoms with van der Waals surface area (Å²) in [7, 11) is 0. The van der Waals surface area contributed by atoms with Crippen molar-refractivity contribution >= 4 is 45.3 Å². The summed E-state index contributed by atoms with van der Waals surface area (Å²) in [6, 6.07) is 13.3. The average molecular weight is 723 g/mol. The Morgan fingerprint density at radius 3 is 2.50 bits per heavy atom. The molecule has 3 aliphatic rings. The van der Waals surface area contributed by atoms with E-state index in [4.69, 9.17) is 9.47 Å². The molecule has 10 nitrogen and oxygen atoms in total. The second-order valence-corrected chi connectivity index (χ2v) is 13.9. The number of likely N-dealkylation sites (tertiary alicyclic amines) is 1. The van der Waals surface area contributed by atoms with Crippen molar-refractivity contribution in [2.24, 2.45) is 11.8 Å². The number of hydrogen-bond acceptors (Lipinski definition) is 7. The Hall–Kier alpha value is -3.80. The van der Waals surface area contributed by atoms with Crippen molar-refractivity contribution in [2.45, 2.75) is 68.1 Å². The summed E-state index contributed by atoms with van der Waals surface area (Å²) >= 11 is 3.73. The van der Waals surface area contributed by atoms with E-state index in [0.717, 1.165) is 22.4 Å². The van der Waals surface area contributed by atoms with E-state index in [1.54, 1.807) is 17.1 Å². The number of halogens is 1. The fourth-order valence-corrected chi connectivity index (χ4v) is 8.58. The number of anilines is 1. The van der Waals surface area contributed by atoms with Crippen LogP contribution in [0.4, 0.5) is 5.69 Å². The Morgan fingerprint density at radius 2 is 1.85 bits per heavy atom. The Labute approximate surface area is 290 Å². The van der Waals surface area contributed by atoms with E-state index in [0.29, 0.717) is 12.8 Å². The molecular weight excluding hydrogens is 678 g/mol. The Bertz CT molecular complexity index is 1530. The number of nitrogens with zero attached hydrogens (tertiary/aromatic N) is 2. The minimum Gasteiger partial charge on any atom is -0.463 e. The molecule has 3 heterocycles. The maximum absolute atomic E-state index is 14.8. The van der Waals surface area contributed by atoms with Crippen LogP contribution in [0.1, 0.15) is 48.4 Å². The van der Waals surface area contributed by atoms with Crippen molar-refractivity contribution < 1.29 is 33.8 Å². The SMILES string of the molecule is C=CCCC(=O)OC[C@@H](NC(=O)[C@@H]1[C@H]2O[C@@]3(CC2Br)[C@H](C(=O)N(CC=C)c2c(C)cccc2C)N(CCCO)C(=O)[C@@H]13)c1ccccc1. The van der Waals surface area contributed by atoms with Crippen LogP contribution in [-0.4, -0.2) is 82.6 Å². The average Bonchev–Trinajstić information content (AvgIpc) is 3.67. The number of ether oxygens (including phenoxy) is 2. The molecule has 11 heteroatoms. The van der Waals surface area contributed by atoms with Crippen LogP contribution >= 0.6 is 15.9 Å². The summed E-state index contributed by atoms with van der Waals surface area (Å²) in [6.45, 7) is 11.5. The lowest BCUT2D eigenvalue weighted by atomic mass is 9.70. The number of rotatable bonds is 15. The Kier molecular flexibility index (Phi) is 11.2. The third kappa shape index (κ3) is 6.60. The number of benzene rings is 2. The largest absolute Gasteiger partial charge is 0.463 e. The third-order valence-electron chi connectivity index (χ3n) is 9.65. The number of nitrogens with one attached hydrogen (secondary N) is 1. The maximum atomic E-state index is 14.8. The van der Waals surface area contributed by atoms with E-state index in [1.807, 2.05) is 62.4 Å².